The standard InChI is InChI=1S/C20H20N2O4S2/c1-12(18(24)22-16-8-6-13(7-9-16)17(21)23)26-19(25)14-2-4-15(5-3-14)20-27-10-11-28-20/h2-9,12,20H,10-11H2,1H3,(H2,21,23)(H,22,24)/t12-/m1/s1. The van der Waals surface area contributed by atoms with E-state index >= 15 is 0 Å². The van der Waals surface area contributed by atoms with E-state index in [1.165, 1.54) is 24.6 Å². The van der Waals surface area contributed by atoms with Crippen LogP contribution in [0, 0.1) is 0 Å². The van der Waals surface area contributed by atoms with Crippen molar-refractivity contribution in [1.29, 1.82) is 0 Å². The maximum absolute atomic E-state index is 12.3. The molecule has 1 aliphatic rings. The Balaban J connectivity index is 1.55. The van der Waals surface area contributed by atoms with E-state index in [2.05, 4.69) is 5.32 Å². The summed E-state index contributed by atoms with van der Waals surface area (Å²) in [7, 11) is 0. The van der Waals surface area contributed by atoms with E-state index in [9.17, 15) is 14.4 Å². The van der Waals surface area contributed by atoms with Gasteiger partial charge in [-0.1, -0.05) is 12.1 Å². The smallest absolute Gasteiger partial charge is 0.338 e. The Morgan fingerprint density at radius 2 is 1.57 bits per heavy atom. The van der Waals surface area contributed by atoms with Gasteiger partial charge in [0.05, 0.1) is 10.1 Å². The van der Waals surface area contributed by atoms with E-state index < -0.39 is 23.9 Å². The van der Waals surface area contributed by atoms with Crippen LogP contribution in [0.5, 0.6) is 0 Å². The van der Waals surface area contributed by atoms with E-state index in [-0.39, 0.29) is 0 Å². The van der Waals surface area contributed by atoms with Crippen LogP contribution in [0.1, 0.15) is 37.8 Å². The van der Waals surface area contributed by atoms with E-state index in [0.717, 1.165) is 11.5 Å². The monoisotopic (exact) mass is 416 g/mol. The van der Waals surface area contributed by atoms with Crippen molar-refractivity contribution in [3.8, 4) is 0 Å². The Kier molecular flexibility index (Phi) is 6.64. The highest BCUT2D eigenvalue weighted by Gasteiger charge is 2.21. The Bertz CT molecular complexity index is 863. The summed E-state index contributed by atoms with van der Waals surface area (Å²) in [6, 6.07) is 13.5. The van der Waals surface area contributed by atoms with Crippen LogP contribution in [0.3, 0.4) is 0 Å². The Morgan fingerprint density at radius 1 is 1.00 bits per heavy atom. The molecular formula is C20H20N2O4S2. The van der Waals surface area contributed by atoms with Crippen LogP contribution in [0.2, 0.25) is 0 Å². The van der Waals surface area contributed by atoms with Crippen LogP contribution in [-0.4, -0.2) is 35.4 Å². The third-order valence-electron chi connectivity index (χ3n) is 4.13. The fourth-order valence-corrected chi connectivity index (χ4v) is 5.43. The van der Waals surface area contributed by atoms with E-state index in [1.807, 2.05) is 35.7 Å². The van der Waals surface area contributed by atoms with Crippen molar-refractivity contribution >= 4 is 47.0 Å². The molecule has 0 radical (unpaired) electrons. The van der Waals surface area contributed by atoms with Gasteiger partial charge in [0.1, 0.15) is 0 Å². The van der Waals surface area contributed by atoms with Crippen LogP contribution in [0.25, 0.3) is 0 Å². The average molecular weight is 417 g/mol. The lowest BCUT2D eigenvalue weighted by atomic mass is 10.1. The number of benzene rings is 2. The van der Waals surface area contributed by atoms with Crippen LogP contribution in [0.4, 0.5) is 5.69 Å². The van der Waals surface area contributed by atoms with Gasteiger partial charge in [-0.3, -0.25) is 9.59 Å². The number of anilines is 1. The molecule has 0 unspecified atom stereocenters. The molecule has 146 valence electrons. The second-order valence-corrected chi connectivity index (χ2v) is 8.90. The second-order valence-electron chi connectivity index (χ2n) is 6.17. The lowest BCUT2D eigenvalue weighted by molar-refractivity contribution is -0.123. The number of nitrogens with one attached hydrogen (secondary N) is 1. The summed E-state index contributed by atoms with van der Waals surface area (Å²) in [4.78, 5) is 35.6. The molecule has 3 rings (SSSR count). The minimum atomic E-state index is -0.969. The van der Waals surface area contributed by atoms with Crippen LogP contribution in [-0.2, 0) is 9.53 Å². The molecule has 6 nitrogen and oxygen atoms in total. The maximum Gasteiger partial charge on any atom is 0.338 e. The number of hydrogen-bond donors (Lipinski definition) is 2. The van der Waals surface area contributed by atoms with Crippen LogP contribution < -0.4 is 11.1 Å². The van der Waals surface area contributed by atoms with E-state index in [0.29, 0.717) is 21.4 Å². The number of ether oxygens (including phenoxy) is 1. The van der Waals surface area contributed by atoms with Crippen molar-refractivity contribution < 1.29 is 19.1 Å². The molecular weight excluding hydrogens is 396 g/mol. The molecule has 28 heavy (non-hydrogen) atoms. The number of amides is 2. The zero-order chi connectivity index (χ0) is 20.1. The van der Waals surface area contributed by atoms with Gasteiger partial charge in [0.25, 0.3) is 5.91 Å². The third kappa shape index (κ3) is 5.08. The van der Waals surface area contributed by atoms with Crippen molar-refractivity contribution in [2.24, 2.45) is 5.73 Å². The van der Waals surface area contributed by atoms with Gasteiger partial charge < -0.3 is 15.8 Å². The molecule has 1 fully saturated rings. The Morgan fingerprint density at radius 3 is 2.14 bits per heavy atom. The highest BCUT2D eigenvalue weighted by Crippen LogP contribution is 2.45. The molecule has 0 saturated carbocycles. The summed E-state index contributed by atoms with van der Waals surface area (Å²) in [5.74, 6) is 0.713. The summed E-state index contributed by atoms with van der Waals surface area (Å²) >= 11 is 3.79. The first-order chi connectivity index (χ1) is 13.4. The number of hydrogen-bond acceptors (Lipinski definition) is 6. The summed E-state index contributed by atoms with van der Waals surface area (Å²) in [5, 5.41) is 2.64. The second kappa shape index (κ2) is 9.16. The Hall–Kier alpha value is -2.45. The van der Waals surface area contributed by atoms with Gasteiger partial charge in [-0.25, -0.2) is 4.79 Å². The van der Waals surface area contributed by atoms with E-state index in [1.54, 1.807) is 24.3 Å². The Labute approximate surface area is 171 Å². The first kappa shape index (κ1) is 20.3. The van der Waals surface area contributed by atoms with E-state index in [4.69, 9.17) is 10.5 Å². The largest absolute Gasteiger partial charge is 0.449 e. The van der Waals surface area contributed by atoms with Crippen molar-refractivity contribution in [2.75, 3.05) is 16.8 Å². The molecule has 2 aromatic carbocycles. The van der Waals surface area contributed by atoms with Gasteiger partial charge in [0.2, 0.25) is 5.91 Å². The van der Waals surface area contributed by atoms with Crippen molar-refractivity contribution in [2.45, 2.75) is 17.6 Å². The highest BCUT2D eigenvalue weighted by atomic mass is 32.2. The number of nitrogens with two attached hydrogens (primary N) is 1. The third-order valence-corrected chi connectivity index (χ3v) is 7.23. The minimum Gasteiger partial charge on any atom is -0.449 e. The number of carbonyl (C=O) groups is 3. The molecule has 2 amide bonds. The predicted octanol–water partition coefficient (Wildman–Crippen LogP) is 3.45. The number of rotatable bonds is 6. The van der Waals surface area contributed by atoms with Gasteiger partial charge in [-0.15, -0.1) is 23.5 Å². The lowest BCUT2D eigenvalue weighted by Crippen LogP contribution is -2.30. The van der Waals surface area contributed by atoms with Crippen molar-refractivity contribution in [3.63, 3.8) is 0 Å². The molecule has 0 spiro atoms. The minimum absolute atomic E-state index is 0.343. The van der Waals surface area contributed by atoms with Crippen molar-refractivity contribution in [3.05, 3.63) is 65.2 Å². The SMILES string of the molecule is C[C@@H](OC(=O)c1ccc(C2SCCS2)cc1)C(=O)Nc1ccc(C(N)=O)cc1. The van der Waals surface area contributed by atoms with Crippen molar-refractivity contribution in [1.82, 2.24) is 0 Å². The number of primary amides is 1. The van der Waals surface area contributed by atoms with Crippen LogP contribution >= 0.6 is 23.5 Å². The fourth-order valence-electron chi connectivity index (χ4n) is 2.57. The molecule has 1 heterocycles. The molecule has 0 aliphatic carbocycles. The average Bonchev–Trinajstić information content (AvgIpc) is 3.23. The molecule has 0 aromatic heterocycles. The fraction of sp³-hybridized carbons (Fsp3) is 0.250. The normalized spacial score (nSPS) is 15.0. The molecule has 8 heteroatoms. The predicted molar refractivity (Wildman–Crippen MR) is 113 cm³/mol. The summed E-state index contributed by atoms with van der Waals surface area (Å²) in [6.45, 7) is 1.51. The molecule has 0 bridgehead atoms. The zero-order valence-corrected chi connectivity index (χ0v) is 16.8. The molecule has 1 aliphatic heterocycles. The molecule has 1 saturated heterocycles. The summed E-state index contributed by atoms with van der Waals surface area (Å²) in [6.07, 6.45) is -0.969. The highest BCUT2D eigenvalue weighted by molar-refractivity contribution is 8.19. The number of carbonyl (C=O) groups excluding carboxylic acids is 3. The first-order valence-electron chi connectivity index (χ1n) is 8.69. The molecule has 1 atom stereocenters. The summed E-state index contributed by atoms with van der Waals surface area (Å²) < 4.78 is 5.67. The number of esters is 1. The zero-order valence-electron chi connectivity index (χ0n) is 15.2. The topological polar surface area (TPSA) is 98.5 Å². The molecule has 2 aromatic rings. The quantitative estimate of drug-likeness (QED) is 0.700. The van der Waals surface area contributed by atoms with Gasteiger partial charge in [-0.05, 0) is 48.9 Å². The van der Waals surface area contributed by atoms with Gasteiger partial charge in [-0.2, -0.15) is 0 Å². The number of thioether (sulfide) groups is 2. The van der Waals surface area contributed by atoms with Gasteiger partial charge >= 0.3 is 5.97 Å². The maximum atomic E-state index is 12.3. The summed E-state index contributed by atoms with van der Waals surface area (Å²) in [5.41, 5.74) is 7.59. The van der Waals surface area contributed by atoms with Gasteiger partial charge in [0.15, 0.2) is 6.10 Å². The van der Waals surface area contributed by atoms with Crippen LogP contribution in [0.15, 0.2) is 48.5 Å². The lowest BCUT2D eigenvalue weighted by Gasteiger charge is -2.14. The first-order valence-corrected chi connectivity index (χ1v) is 10.8. The van der Waals surface area contributed by atoms with Gasteiger partial charge in [0, 0.05) is 22.8 Å². The molecule has 3 N–H and O–H groups in total.